The molecule has 1 aromatic carbocycles. The summed E-state index contributed by atoms with van der Waals surface area (Å²) in [5, 5.41) is 2.46. The van der Waals surface area contributed by atoms with E-state index in [-0.39, 0.29) is 30.2 Å². The monoisotopic (exact) mass is 380 g/mol. The molecule has 4 nitrogen and oxygen atoms in total. The van der Waals surface area contributed by atoms with E-state index in [0.717, 1.165) is 37.7 Å². The molecule has 3 atom stereocenters. The second-order valence-corrected chi connectivity index (χ2v) is 8.11. The van der Waals surface area contributed by atoms with Crippen molar-refractivity contribution in [3.8, 4) is 0 Å². The van der Waals surface area contributed by atoms with E-state index < -0.39 is 17.6 Å². The number of nitrogens with zero attached hydrogens (tertiary/aromatic N) is 1. The van der Waals surface area contributed by atoms with Gasteiger partial charge in [-0.05, 0) is 48.8 Å². The summed E-state index contributed by atoms with van der Waals surface area (Å²) in [5.74, 6) is 1.53. The highest BCUT2D eigenvalue weighted by Crippen LogP contribution is 2.53. The highest BCUT2D eigenvalue weighted by Gasteiger charge is 2.58. The fraction of sp³-hybridized carbons (Fsp3) is 0.600. The van der Waals surface area contributed by atoms with Crippen LogP contribution in [0.25, 0.3) is 0 Å². The molecule has 146 valence electrons. The van der Waals surface area contributed by atoms with Crippen LogP contribution in [0.5, 0.6) is 0 Å². The molecule has 0 spiro atoms. The van der Waals surface area contributed by atoms with Crippen LogP contribution >= 0.6 is 0 Å². The number of nitrogens with one attached hydrogen (secondary N) is 1. The van der Waals surface area contributed by atoms with E-state index in [4.69, 9.17) is 0 Å². The van der Waals surface area contributed by atoms with E-state index in [1.54, 1.807) is 0 Å². The molecule has 0 bridgehead atoms. The third-order valence-corrected chi connectivity index (χ3v) is 5.93. The zero-order valence-corrected chi connectivity index (χ0v) is 15.0. The number of amides is 1. The van der Waals surface area contributed by atoms with Gasteiger partial charge in [0.05, 0.1) is 5.56 Å². The Hall–Kier alpha value is -1.89. The van der Waals surface area contributed by atoms with Crippen molar-refractivity contribution in [2.24, 2.45) is 23.7 Å². The maximum atomic E-state index is 12.7. The van der Waals surface area contributed by atoms with Crippen LogP contribution in [0.1, 0.15) is 31.2 Å². The molecule has 2 saturated carbocycles. The Kier molecular flexibility index (Phi) is 4.74. The van der Waals surface area contributed by atoms with Crippen LogP contribution in [0.2, 0.25) is 0 Å². The molecule has 1 unspecified atom stereocenters. The lowest BCUT2D eigenvalue weighted by Gasteiger charge is -2.18. The Bertz CT molecular complexity index is 733. The number of anilines is 1. The van der Waals surface area contributed by atoms with E-state index >= 15 is 0 Å². The van der Waals surface area contributed by atoms with Crippen molar-refractivity contribution >= 4 is 17.4 Å². The molecule has 1 heterocycles. The topological polar surface area (TPSA) is 49.4 Å². The first-order valence-corrected chi connectivity index (χ1v) is 9.53. The Morgan fingerprint density at radius 1 is 1.11 bits per heavy atom. The minimum Gasteiger partial charge on any atom is -0.326 e. The van der Waals surface area contributed by atoms with Crippen LogP contribution in [0.15, 0.2) is 24.3 Å². The number of carbonyl (C=O) groups excluding carboxylic acids is 2. The van der Waals surface area contributed by atoms with Gasteiger partial charge in [-0.15, -0.1) is 0 Å². The number of carbonyl (C=O) groups is 2. The maximum absolute atomic E-state index is 12.7. The van der Waals surface area contributed by atoms with Gasteiger partial charge in [-0.3, -0.25) is 9.59 Å². The van der Waals surface area contributed by atoms with E-state index in [1.807, 2.05) is 0 Å². The first-order chi connectivity index (χ1) is 12.8. The predicted octanol–water partition coefficient (Wildman–Crippen LogP) is 3.58. The minimum absolute atomic E-state index is 0.0107. The van der Waals surface area contributed by atoms with Crippen LogP contribution in [-0.2, 0) is 15.8 Å². The van der Waals surface area contributed by atoms with Gasteiger partial charge in [0.2, 0.25) is 5.91 Å². The molecule has 3 fully saturated rings. The summed E-state index contributed by atoms with van der Waals surface area (Å²) in [4.78, 5) is 26.8. The number of alkyl halides is 3. The number of rotatable bonds is 7. The highest BCUT2D eigenvalue weighted by molar-refractivity contribution is 5.94. The molecule has 1 aliphatic heterocycles. The SMILES string of the molecule is O=C(CCC(=O)C1[C@H]2CN(CC3CC3)C[C@@H]12)Nc1cccc(C(F)(F)F)c1. The molecule has 2 aliphatic carbocycles. The van der Waals surface area contributed by atoms with E-state index in [9.17, 15) is 22.8 Å². The second-order valence-electron chi connectivity index (χ2n) is 8.11. The fourth-order valence-corrected chi connectivity index (χ4v) is 4.31. The van der Waals surface area contributed by atoms with E-state index in [1.165, 1.54) is 25.0 Å². The molecular formula is C20H23F3N2O2. The van der Waals surface area contributed by atoms with Crippen LogP contribution < -0.4 is 5.32 Å². The van der Waals surface area contributed by atoms with Crippen molar-refractivity contribution in [3.05, 3.63) is 29.8 Å². The van der Waals surface area contributed by atoms with Gasteiger partial charge < -0.3 is 10.2 Å². The number of hydrogen-bond acceptors (Lipinski definition) is 3. The van der Waals surface area contributed by atoms with Crippen LogP contribution in [-0.4, -0.2) is 36.2 Å². The standard InChI is InChI=1S/C20H23F3N2O2/c21-20(22,23)13-2-1-3-14(8-13)24-18(27)7-6-17(26)19-15-10-25(11-16(15)19)9-12-4-5-12/h1-3,8,12,15-16,19H,4-7,9-11H2,(H,24,27)/t15-,16+,19?. The van der Waals surface area contributed by atoms with Crippen molar-refractivity contribution in [1.29, 1.82) is 0 Å². The van der Waals surface area contributed by atoms with Gasteiger partial charge in [0.15, 0.2) is 0 Å². The molecule has 0 aromatic heterocycles. The summed E-state index contributed by atoms with van der Waals surface area (Å²) < 4.78 is 38.1. The molecule has 3 aliphatic rings. The average molecular weight is 380 g/mol. The van der Waals surface area contributed by atoms with Crippen LogP contribution in [0, 0.1) is 23.7 Å². The zero-order valence-electron chi connectivity index (χ0n) is 15.0. The Balaban J connectivity index is 1.21. The summed E-state index contributed by atoms with van der Waals surface area (Å²) in [6.45, 7) is 3.15. The summed E-state index contributed by atoms with van der Waals surface area (Å²) in [7, 11) is 0. The molecule has 7 heteroatoms. The second kappa shape index (κ2) is 6.93. The Morgan fingerprint density at radius 2 is 1.81 bits per heavy atom. The number of piperidine rings is 1. The lowest BCUT2D eigenvalue weighted by atomic mass is 10.1. The Labute approximate surface area is 156 Å². The van der Waals surface area contributed by atoms with E-state index in [2.05, 4.69) is 10.2 Å². The molecule has 0 radical (unpaired) electrons. The number of halogens is 3. The first-order valence-electron chi connectivity index (χ1n) is 9.53. The van der Waals surface area contributed by atoms with Gasteiger partial charge in [0.25, 0.3) is 0 Å². The lowest BCUT2D eigenvalue weighted by Crippen LogP contribution is -2.28. The molecule has 27 heavy (non-hydrogen) atoms. The van der Waals surface area contributed by atoms with Gasteiger partial charge in [-0.25, -0.2) is 0 Å². The van der Waals surface area contributed by atoms with Gasteiger partial charge >= 0.3 is 6.18 Å². The first kappa shape index (κ1) is 18.5. The number of hydrogen-bond donors (Lipinski definition) is 1. The van der Waals surface area contributed by atoms with Gasteiger partial charge in [-0.1, -0.05) is 6.07 Å². The van der Waals surface area contributed by atoms with Gasteiger partial charge in [0, 0.05) is 44.1 Å². The third-order valence-electron chi connectivity index (χ3n) is 5.93. The predicted molar refractivity (Wildman–Crippen MR) is 93.9 cm³/mol. The number of ketones is 1. The smallest absolute Gasteiger partial charge is 0.326 e. The average Bonchev–Trinajstić information content (AvgIpc) is 3.50. The molecule has 1 N–H and O–H groups in total. The summed E-state index contributed by atoms with van der Waals surface area (Å²) >= 11 is 0. The number of likely N-dealkylation sites (tertiary alicyclic amines) is 1. The highest BCUT2D eigenvalue weighted by atomic mass is 19.4. The summed E-state index contributed by atoms with van der Waals surface area (Å²) in [6.07, 6.45) is -1.62. The quantitative estimate of drug-likeness (QED) is 0.787. The van der Waals surface area contributed by atoms with Crippen molar-refractivity contribution in [2.45, 2.75) is 31.9 Å². The normalized spacial score (nSPS) is 27.3. The van der Waals surface area contributed by atoms with Crippen LogP contribution in [0.3, 0.4) is 0 Å². The van der Waals surface area contributed by atoms with E-state index in [0.29, 0.717) is 11.8 Å². The van der Waals surface area contributed by atoms with Crippen molar-refractivity contribution < 1.29 is 22.8 Å². The third kappa shape index (κ3) is 4.34. The molecule has 1 amide bonds. The Morgan fingerprint density at radius 3 is 2.44 bits per heavy atom. The molecule has 4 rings (SSSR count). The minimum atomic E-state index is -4.45. The van der Waals surface area contributed by atoms with Crippen molar-refractivity contribution in [1.82, 2.24) is 4.90 Å². The molecule has 1 aromatic rings. The lowest BCUT2D eigenvalue weighted by molar-refractivity contribution is -0.137. The number of fused-ring (bicyclic) bond motifs is 1. The zero-order chi connectivity index (χ0) is 19.2. The largest absolute Gasteiger partial charge is 0.416 e. The number of benzene rings is 1. The fourth-order valence-electron chi connectivity index (χ4n) is 4.31. The van der Waals surface area contributed by atoms with Gasteiger partial charge in [-0.2, -0.15) is 13.2 Å². The summed E-state index contributed by atoms with van der Waals surface area (Å²) in [6, 6.07) is 4.52. The van der Waals surface area contributed by atoms with Gasteiger partial charge in [0.1, 0.15) is 5.78 Å². The molecular weight excluding hydrogens is 357 g/mol. The maximum Gasteiger partial charge on any atom is 0.416 e. The van der Waals surface area contributed by atoms with Crippen molar-refractivity contribution in [3.63, 3.8) is 0 Å². The number of Topliss-reactive ketones (excluding diaryl/α,β-unsaturated/α-hetero) is 1. The van der Waals surface area contributed by atoms with Crippen molar-refractivity contribution in [2.75, 3.05) is 25.0 Å². The summed E-state index contributed by atoms with van der Waals surface area (Å²) in [5.41, 5.74) is -0.709. The molecule has 1 saturated heterocycles. The van der Waals surface area contributed by atoms with Crippen LogP contribution in [0.4, 0.5) is 18.9 Å².